The number of carbonyl (C=O) groups excluding carboxylic acids is 1. The van der Waals surface area contributed by atoms with Gasteiger partial charge in [-0.3, -0.25) is 0 Å². The Morgan fingerprint density at radius 2 is 2.07 bits per heavy atom. The van der Waals surface area contributed by atoms with Crippen LogP contribution in [-0.2, 0) is 4.74 Å². The Morgan fingerprint density at radius 3 is 2.57 bits per heavy atom. The fraction of sp³-hybridized carbons (Fsp3) is 0.900. The first-order valence-corrected chi connectivity index (χ1v) is 5.07. The molecule has 0 aromatic carbocycles. The van der Waals surface area contributed by atoms with Crippen molar-refractivity contribution in [2.45, 2.75) is 39.2 Å². The first kappa shape index (κ1) is 13.2. The van der Waals surface area contributed by atoms with Crippen molar-refractivity contribution in [1.29, 1.82) is 0 Å². The molecule has 4 heteroatoms. The third-order valence-corrected chi connectivity index (χ3v) is 2.15. The Balaban J connectivity index is 3.55. The maximum atomic E-state index is 11.3. The summed E-state index contributed by atoms with van der Waals surface area (Å²) < 4.78 is 4.87. The van der Waals surface area contributed by atoms with Gasteiger partial charge in [0.2, 0.25) is 0 Å². The van der Waals surface area contributed by atoms with Crippen LogP contribution in [0.2, 0.25) is 0 Å². The summed E-state index contributed by atoms with van der Waals surface area (Å²) in [4.78, 5) is 11.3. The SMILES string of the molecule is CCC(C)(C)NC(=O)NCCCOC. The van der Waals surface area contributed by atoms with Crippen LogP contribution < -0.4 is 10.6 Å². The van der Waals surface area contributed by atoms with Gasteiger partial charge in [0.25, 0.3) is 0 Å². The average Bonchev–Trinajstić information content (AvgIpc) is 2.12. The molecule has 0 aliphatic heterocycles. The van der Waals surface area contributed by atoms with E-state index in [0.29, 0.717) is 13.2 Å². The summed E-state index contributed by atoms with van der Waals surface area (Å²) in [6.45, 7) is 7.38. The molecule has 0 aliphatic rings. The molecule has 0 saturated carbocycles. The minimum Gasteiger partial charge on any atom is -0.385 e. The van der Waals surface area contributed by atoms with E-state index in [0.717, 1.165) is 12.8 Å². The normalized spacial score (nSPS) is 11.1. The second-order valence-electron chi connectivity index (χ2n) is 3.96. The van der Waals surface area contributed by atoms with Crippen LogP contribution in [0.3, 0.4) is 0 Å². The van der Waals surface area contributed by atoms with Gasteiger partial charge >= 0.3 is 6.03 Å². The average molecular weight is 202 g/mol. The predicted octanol–water partition coefficient (Wildman–Crippen LogP) is 1.51. The monoisotopic (exact) mass is 202 g/mol. The van der Waals surface area contributed by atoms with Gasteiger partial charge in [0.15, 0.2) is 0 Å². The summed E-state index contributed by atoms with van der Waals surface area (Å²) in [5.41, 5.74) is -0.134. The van der Waals surface area contributed by atoms with Crippen molar-refractivity contribution in [3.8, 4) is 0 Å². The topological polar surface area (TPSA) is 50.4 Å². The van der Waals surface area contributed by atoms with Gasteiger partial charge in [0.1, 0.15) is 0 Å². The van der Waals surface area contributed by atoms with Crippen LogP contribution in [0.5, 0.6) is 0 Å². The van der Waals surface area contributed by atoms with Crippen LogP contribution in [0.15, 0.2) is 0 Å². The molecule has 0 aromatic heterocycles. The van der Waals surface area contributed by atoms with Crippen LogP contribution in [0.1, 0.15) is 33.6 Å². The maximum Gasteiger partial charge on any atom is 0.315 e. The summed E-state index contributed by atoms with van der Waals surface area (Å²) in [7, 11) is 1.65. The molecular weight excluding hydrogens is 180 g/mol. The van der Waals surface area contributed by atoms with Gasteiger partial charge in [0.05, 0.1) is 0 Å². The number of rotatable bonds is 6. The van der Waals surface area contributed by atoms with Crippen LogP contribution in [0, 0.1) is 0 Å². The van der Waals surface area contributed by atoms with Crippen molar-refractivity contribution in [2.24, 2.45) is 0 Å². The first-order valence-electron chi connectivity index (χ1n) is 5.07. The highest BCUT2D eigenvalue weighted by Crippen LogP contribution is 2.05. The third-order valence-electron chi connectivity index (χ3n) is 2.15. The lowest BCUT2D eigenvalue weighted by molar-refractivity contribution is 0.192. The molecule has 0 atom stereocenters. The van der Waals surface area contributed by atoms with E-state index >= 15 is 0 Å². The van der Waals surface area contributed by atoms with Crippen molar-refractivity contribution >= 4 is 6.03 Å². The van der Waals surface area contributed by atoms with Crippen LogP contribution in [-0.4, -0.2) is 31.8 Å². The van der Waals surface area contributed by atoms with Crippen molar-refractivity contribution < 1.29 is 9.53 Å². The Bertz CT molecular complexity index is 170. The Kier molecular flexibility index (Phi) is 6.28. The molecule has 0 aromatic rings. The van der Waals surface area contributed by atoms with Crippen molar-refractivity contribution in [1.82, 2.24) is 10.6 Å². The smallest absolute Gasteiger partial charge is 0.315 e. The molecule has 0 radical (unpaired) electrons. The molecule has 14 heavy (non-hydrogen) atoms. The lowest BCUT2D eigenvalue weighted by atomic mass is 10.0. The molecule has 2 N–H and O–H groups in total. The molecule has 0 aliphatic carbocycles. The van der Waals surface area contributed by atoms with E-state index in [2.05, 4.69) is 10.6 Å². The standard InChI is InChI=1S/C10H22N2O2/c1-5-10(2,3)12-9(13)11-7-6-8-14-4/h5-8H2,1-4H3,(H2,11,12,13). The molecule has 0 fully saturated rings. The van der Waals surface area contributed by atoms with E-state index in [9.17, 15) is 4.79 Å². The van der Waals surface area contributed by atoms with Gasteiger partial charge in [0, 0.05) is 25.8 Å². The summed E-state index contributed by atoms with van der Waals surface area (Å²) in [6, 6.07) is -0.104. The quantitative estimate of drug-likeness (QED) is 0.641. The number of urea groups is 1. The zero-order valence-corrected chi connectivity index (χ0v) is 9.64. The molecule has 0 rings (SSSR count). The number of carbonyl (C=O) groups is 1. The van der Waals surface area contributed by atoms with Gasteiger partial charge in [-0.25, -0.2) is 4.79 Å². The van der Waals surface area contributed by atoms with Gasteiger partial charge in [-0.1, -0.05) is 6.92 Å². The Hall–Kier alpha value is -0.770. The lowest BCUT2D eigenvalue weighted by Gasteiger charge is -2.24. The number of methoxy groups -OCH3 is 1. The fourth-order valence-electron chi connectivity index (χ4n) is 0.858. The highest BCUT2D eigenvalue weighted by atomic mass is 16.5. The molecule has 0 saturated heterocycles. The van der Waals surface area contributed by atoms with Crippen molar-refractivity contribution in [2.75, 3.05) is 20.3 Å². The maximum absolute atomic E-state index is 11.3. The van der Waals surface area contributed by atoms with Crippen molar-refractivity contribution in [3.05, 3.63) is 0 Å². The van der Waals surface area contributed by atoms with E-state index < -0.39 is 0 Å². The first-order chi connectivity index (χ1) is 6.52. The van der Waals surface area contributed by atoms with Gasteiger partial charge < -0.3 is 15.4 Å². The number of nitrogens with one attached hydrogen (secondary N) is 2. The molecule has 0 spiro atoms. The van der Waals surface area contributed by atoms with Crippen LogP contribution in [0.25, 0.3) is 0 Å². The van der Waals surface area contributed by atoms with Gasteiger partial charge in [-0.15, -0.1) is 0 Å². The van der Waals surface area contributed by atoms with E-state index in [1.165, 1.54) is 0 Å². The number of hydrogen-bond acceptors (Lipinski definition) is 2. The molecular formula is C10H22N2O2. The minimum atomic E-state index is -0.134. The summed E-state index contributed by atoms with van der Waals surface area (Å²) in [6.07, 6.45) is 1.76. The molecule has 0 bridgehead atoms. The lowest BCUT2D eigenvalue weighted by Crippen LogP contribution is -2.48. The highest BCUT2D eigenvalue weighted by molar-refractivity contribution is 5.74. The Morgan fingerprint density at radius 1 is 1.43 bits per heavy atom. The summed E-state index contributed by atoms with van der Waals surface area (Å²) in [5.74, 6) is 0. The summed E-state index contributed by atoms with van der Waals surface area (Å²) in [5, 5.41) is 5.67. The van der Waals surface area contributed by atoms with Gasteiger partial charge in [-0.2, -0.15) is 0 Å². The van der Waals surface area contributed by atoms with E-state index in [4.69, 9.17) is 4.74 Å². The largest absolute Gasteiger partial charge is 0.385 e. The highest BCUT2D eigenvalue weighted by Gasteiger charge is 2.16. The number of hydrogen-bond donors (Lipinski definition) is 2. The van der Waals surface area contributed by atoms with Crippen LogP contribution in [0.4, 0.5) is 4.79 Å². The van der Waals surface area contributed by atoms with E-state index in [1.54, 1.807) is 7.11 Å². The second kappa shape index (κ2) is 6.65. The van der Waals surface area contributed by atoms with E-state index in [-0.39, 0.29) is 11.6 Å². The minimum absolute atomic E-state index is 0.104. The summed E-state index contributed by atoms with van der Waals surface area (Å²) >= 11 is 0. The fourth-order valence-corrected chi connectivity index (χ4v) is 0.858. The zero-order valence-electron chi connectivity index (χ0n) is 9.64. The van der Waals surface area contributed by atoms with Crippen molar-refractivity contribution in [3.63, 3.8) is 0 Å². The van der Waals surface area contributed by atoms with Crippen LogP contribution >= 0.6 is 0 Å². The molecule has 0 heterocycles. The molecule has 4 nitrogen and oxygen atoms in total. The predicted molar refractivity (Wildman–Crippen MR) is 57.4 cm³/mol. The second-order valence-corrected chi connectivity index (χ2v) is 3.96. The van der Waals surface area contributed by atoms with Gasteiger partial charge in [-0.05, 0) is 26.7 Å². The molecule has 0 unspecified atom stereocenters. The molecule has 2 amide bonds. The van der Waals surface area contributed by atoms with E-state index in [1.807, 2.05) is 20.8 Å². The zero-order chi connectivity index (χ0) is 11.0. The third kappa shape index (κ3) is 6.71. The number of ether oxygens (including phenoxy) is 1. The Labute approximate surface area is 86.4 Å². The number of amides is 2. The molecule has 84 valence electrons.